The summed E-state index contributed by atoms with van der Waals surface area (Å²) in [5.41, 5.74) is 2.04. The average Bonchev–Trinajstić information content (AvgIpc) is 3.25. The molecule has 0 spiro atoms. The maximum Gasteiger partial charge on any atom is 0.337 e. The lowest BCUT2D eigenvalue weighted by Crippen LogP contribution is -2.28. The van der Waals surface area contributed by atoms with Gasteiger partial charge in [0.2, 0.25) is 0 Å². The molecule has 3 rings (SSSR count). The molecule has 1 amide bonds. The van der Waals surface area contributed by atoms with Gasteiger partial charge in [-0.1, -0.05) is 18.2 Å². The number of esters is 1. The fourth-order valence-electron chi connectivity index (χ4n) is 2.27. The van der Waals surface area contributed by atoms with Gasteiger partial charge >= 0.3 is 5.97 Å². The van der Waals surface area contributed by atoms with Gasteiger partial charge in [-0.05, 0) is 40.3 Å². The summed E-state index contributed by atoms with van der Waals surface area (Å²) in [6, 6.07) is 13.9. The number of hydrogen-bond donors (Lipinski definition) is 1. The number of nitrogens with zero attached hydrogens (tertiary/aromatic N) is 4. The molecule has 0 fully saturated rings. The summed E-state index contributed by atoms with van der Waals surface area (Å²) in [5, 5.41) is 13.7. The lowest BCUT2D eigenvalue weighted by molar-refractivity contribution is -0.123. The second-order valence-electron chi connectivity index (χ2n) is 5.51. The molecule has 0 aliphatic heterocycles. The average molecular weight is 367 g/mol. The molecule has 3 aromatic rings. The molecular weight excluding hydrogens is 350 g/mol. The number of hydrogen-bond acceptors (Lipinski definition) is 7. The van der Waals surface area contributed by atoms with Crippen LogP contribution in [0.15, 0.2) is 54.9 Å². The van der Waals surface area contributed by atoms with E-state index in [0.29, 0.717) is 17.9 Å². The molecule has 0 saturated heterocycles. The Balaban J connectivity index is 1.49. The first-order valence-electron chi connectivity index (χ1n) is 8.06. The summed E-state index contributed by atoms with van der Waals surface area (Å²) in [4.78, 5) is 23.4. The number of aromatic nitrogens is 4. The molecule has 0 unspecified atom stereocenters. The van der Waals surface area contributed by atoms with E-state index in [1.54, 1.807) is 42.5 Å². The third kappa shape index (κ3) is 4.88. The number of rotatable bonds is 7. The van der Waals surface area contributed by atoms with Crippen LogP contribution < -0.4 is 10.1 Å². The zero-order valence-corrected chi connectivity index (χ0v) is 14.5. The molecule has 9 heteroatoms. The number of nitrogens with one attached hydrogen (secondary N) is 1. The maximum absolute atomic E-state index is 12.0. The molecule has 2 aromatic carbocycles. The standard InChI is InChI=1S/C18H17N5O4/c1-26-18(25)14-7-5-13(6-8-14)10-19-17(24)11-27-16-4-2-3-15(9-16)23-12-20-21-22-23/h2-9,12H,10-11H2,1H3,(H,19,24). The van der Waals surface area contributed by atoms with Crippen molar-refractivity contribution in [2.75, 3.05) is 13.7 Å². The third-order valence-electron chi connectivity index (χ3n) is 3.67. The van der Waals surface area contributed by atoms with Gasteiger partial charge in [0.1, 0.15) is 12.1 Å². The Morgan fingerprint density at radius 2 is 1.96 bits per heavy atom. The Morgan fingerprint density at radius 3 is 2.67 bits per heavy atom. The quantitative estimate of drug-likeness (QED) is 0.624. The van der Waals surface area contributed by atoms with Gasteiger partial charge in [0.25, 0.3) is 5.91 Å². The number of carbonyl (C=O) groups is 2. The molecule has 0 bridgehead atoms. The minimum atomic E-state index is -0.400. The fourth-order valence-corrected chi connectivity index (χ4v) is 2.27. The molecule has 1 heterocycles. The van der Waals surface area contributed by atoms with Crippen molar-refractivity contribution < 1.29 is 19.1 Å². The second-order valence-corrected chi connectivity index (χ2v) is 5.51. The van der Waals surface area contributed by atoms with Gasteiger partial charge < -0.3 is 14.8 Å². The Bertz CT molecular complexity index is 910. The predicted octanol–water partition coefficient (Wildman–Crippen LogP) is 1.14. The van der Waals surface area contributed by atoms with Crippen LogP contribution in [0.2, 0.25) is 0 Å². The summed E-state index contributed by atoms with van der Waals surface area (Å²) in [7, 11) is 1.33. The molecule has 27 heavy (non-hydrogen) atoms. The van der Waals surface area contributed by atoms with E-state index in [0.717, 1.165) is 11.3 Å². The highest BCUT2D eigenvalue weighted by Gasteiger charge is 2.07. The Morgan fingerprint density at radius 1 is 1.15 bits per heavy atom. The first-order valence-corrected chi connectivity index (χ1v) is 8.06. The number of benzene rings is 2. The van der Waals surface area contributed by atoms with E-state index in [4.69, 9.17) is 4.74 Å². The molecule has 9 nitrogen and oxygen atoms in total. The highest BCUT2D eigenvalue weighted by molar-refractivity contribution is 5.89. The van der Waals surface area contributed by atoms with Crippen LogP contribution in [-0.4, -0.2) is 45.8 Å². The molecule has 0 atom stereocenters. The highest BCUT2D eigenvalue weighted by atomic mass is 16.5. The molecule has 0 aliphatic carbocycles. The van der Waals surface area contributed by atoms with E-state index in [1.165, 1.54) is 18.1 Å². The van der Waals surface area contributed by atoms with Crippen LogP contribution in [0.5, 0.6) is 5.75 Å². The lowest BCUT2D eigenvalue weighted by atomic mass is 10.1. The fraction of sp³-hybridized carbons (Fsp3) is 0.167. The van der Waals surface area contributed by atoms with E-state index in [1.807, 2.05) is 6.07 Å². The molecule has 0 aliphatic rings. The summed E-state index contributed by atoms with van der Waals surface area (Å²) in [5.74, 6) is -0.136. The smallest absolute Gasteiger partial charge is 0.337 e. The first kappa shape index (κ1) is 18.1. The molecule has 0 radical (unpaired) electrons. The zero-order valence-electron chi connectivity index (χ0n) is 14.5. The topological polar surface area (TPSA) is 108 Å². The number of amides is 1. The van der Waals surface area contributed by atoms with Gasteiger partial charge in [-0.2, -0.15) is 0 Å². The van der Waals surface area contributed by atoms with Gasteiger partial charge in [0.05, 0.1) is 18.4 Å². The van der Waals surface area contributed by atoms with E-state index < -0.39 is 5.97 Å². The van der Waals surface area contributed by atoms with Crippen LogP contribution in [0, 0.1) is 0 Å². The van der Waals surface area contributed by atoms with Crippen molar-refractivity contribution in [2.45, 2.75) is 6.54 Å². The maximum atomic E-state index is 12.0. The van der Waals surface area contributed by atoms with Gasteiger partial charge in [0, 0.05) is 12.6 Å². The summed E-state index contributed by atoms with van der Waals surface area (Å²) in [6.07, 6.45) is 1.47. The van der Waals surface area contributed by atoms with Crippen molar-refractivity contribution in [3.63, 3.8) is 0 Å². The van der Waals surface area contributed by atoms with Gasteiger partial charge in [0.15, 0.2) is 6.61 Å². The normalized spacial score (nSPS) is 10.3. The van der Waals surface area contributed by atoms with Crippen molar-refractivity contribution in [1.29, 1.82) is 0 Å². The Labute approximate surface area is 154 Å². The van der Waals surface area contributed by atoms with Crippen LogP contribution >= 0.6 is 0 Å². The van der Waals surface area contributed by atoms with Crippen molar-refractivity contribution in [1.82, 2.24) is 25.5 Å². The van der Waals surface area contributed by atoms with Gasteiger partial charge in [-0.25, -0.2) is 9.48 Å². The molecular formula is C18H17N5O4. The van der Waals surface area contributed by atoms with Crippen molar-refractivity contribution >= 4 is 11.9 Å². The minimum absolute atomic E-state index is 0.126. The van der Waals surface area contributed by atoms with Crippen LogP contribution in [0.4, 0.5) is 0 Å². The second kappa shape index (κ2) is 8.56. The lowest BCUT2D eigenvalue weighted by Gasteiger charge is -2.09. The predicted molar refractivity (Wildman–Crippen MR) is 94.3 cm³/mol. The van der Waals surface area contributed by atoms with E-state index in [-0.39, 0.29) is 12.5 Å². The van der Waals surface area contributed by atoms with E-state index >= 15 is 0 Å². The van der Waals surface area contributed by atoms with Crippen LogP contribution in [0.25, 0.3) is 5.69 Å². The minimum Gasteiger partial charge on any atom is -0.484 e. The van der Waals surface area contributed by atoms with Crippen LogP contribution in [0.3, 0.4) is 0 Å². The summed E-state index contributed by atoms with van der Waals surface area (Å²) < 4.78 is 11.6. The monoisotopic (exact) mass is 367 g/mol. The van der Waals surface area contributed by atoms with Crippen LogP contribution in [0.1, 0.15) is 15.9 Å². The largest absolute Gasteiger partial charge is 0.484 e. The third-order valence-corrected chi connectivity index (χ3v) is 3.67. The van der Waals surface area contributed by atoms with Crippen LogP contribution in [-0.2, 0) is 16.1 Å². The summed E-state index contributed by atoms with van der Waals surface area (Å²) in [6.45, 7) is 0.202. The SMILES string of the molecule is COC(=O)c1ccc(CNC(=O)COc2cccc(-n3cnnn3)c2)cc1. The molecule has 1 N–H and O–H groups in total. The van der Waals surface area contributed by atoms with E-state index in [9.17, 15) is 9.59 Å². The number of carbonyl (C=O) groups excluding carboxylic acids is 2. The summed E-state index contributed by atoms with van der Waals surface area (Å²) >= 11 is 0. The van der Waals surface area contributed by atoms with Crippen molar-refractivity contribution in [3.05, 3.63) is 66.0 Å². The zero-order chi connectivity index (χ0) is 19.1. The number of tetrazole rings is 1. The number of ether oxygens (including phenoxy) is 2. The highest BCUT2D eigenvalue weighted by Crippen LogP contribution is 2.15. The Hall–Kier alpha value is -3.75. The molecule has 138 valence electrons. The van der Waals surface area contributed by atoms with Gasteiger partial charge in [-0.3, -0.25) is 4.79 Å². The first-order chi connectivity index (χ1) is 13.2. The van der Waals surface area contributed by atoms with E-state index in [2.05, 4.69) is 25.6 Å². The van der Waals surface area contributed by atoms with Crippen molar-refractivity contribution in [2.24, 2.45) is 0 Å². The Kier molecular flexibility index (Phi) is 5.73. The van der Waals surface area contributed by atoms with Crippen molar-refractivity contribution in [3.8, 4) is 11.4 Å². The number of methoxy groups -OCH3 is 1. The molecule has 1 aromatic heterocycles. The van der Waals surface area contributed by atoms with Gasteiger partial charge in [-0.15, -0.1) is 5.10 Å². The molecule has 0 saturated carbocycles.